The molecule has 0 aromatic carbocycles. The second-order valence-electron chi connectivity index (χ2n) is 11.6. The standard InChI is InChI=1S/C26H40F3N5O8/c1-14-10-17(21(37)32-16(6-8-26(27,28)29)19(36)22(38)30-5)34(12-14)23(39)20(25(2,3)4)33-24(40)31-11-18(35)42-15-7-9-41-13-15/h14-17,20H,6-13H2,1-5H3,(H,30,38)(H,32,37)(H2,31,33,40)/t14-,15?,16?,17?,20?/m1/s1. The first-order chi connectivity index (χ1) is 19.4. The number of hydrogen-bond acceptors (Lipinski definition) is 8. The molecule has 0 spiro atoms. The smallest absolute Gasteiger partial charge is 0.389 e. The first-order valence-corrected chi connectivity index (χ1v) is 13.7. The molecule has 4 unspecified atom stereocenters. The Hall–Kier alpha value is -3.43. The molecule has 5 atom stereocenters. The summed E-state index contributed by atoms with van der Waals surface area (Å²) in [4.78, 5) is 77.1. The van der Waals surface area contributed by atoms with Crippen LogP contribution in [-0.2, 0) is 33.4 Å². The van der Waals surface area contributed by atoms with Gasteiger partial charge in [-0.25, -0.2) is 4.79 Å². The Morgan fingerprint density at radius 2 is 1.74 bits per heavy atom. The zero-order valence-corrected chi connectivity index (χ0v) is 24.4. The minimum atomic E-state index is -4.64. The van der Waals surface area contributed by atoms with E-state index in [-0.39, 0.29) is 25.5 Å². The summed E-state index contributed by atoms with van der Waals surface area (Å²) in [6.07, 6.45) is -6.63. The molecule has 0 aromatic heterocycles. The second kappa shape index (κ2) is 14.6. The molecular formula is C26H40F3N5O8. The third-order valence-electron chi connectivity index (χ3n) is 6.86. The number of ether oxygens (including phenoxy) is 2. The Balaban J connectivity index is 2.13. The monoisotopic (exact) mass is 607 g/mol. The van der Waals surface area contributed by atoms with Crippen LogP contribution < -0.4 is 21.3 Å². The number of ketones is 1. The second-order valence-corrected chi connectivity index (χ2v) is 11.6. The van der Waals surface area contributed by atoms with Gasteiger partial charge in [-0.3, -0.25) is 24.0 Å². The number of urea groups is 1. The molecule has 0 bridgehead atoms. The van der Waals surface area contributed by atoms with Crippen LogP contribution in [-0.4, -0.2) is 104 Å². The molecule has 2 rings (SSSR count). The summed E-state index contributed by atoms with van der Waals surface area (Å²) in [5.74, 6) is -4.83. The van der Waals surface area contributed by atoms with E-state index in [1.165, 1.54) is 4.90 Å². The lowest BCUT2D eigenvalue weighted by molar-refractivity contribution is -0.147. The zero-order chi connectivity index (χ0) is 31.8. The summed E-state index contributed by atoms with van der Waals surface area (Å²) in [5.41, 5.74) is -0.868. The van der Waals surface area contributed by atoms with Crippen molar-refractivity contribution in [1.82, 2.24) is 26.2 Å². The lowest BCUT2D eigenvalue weighted by atomic mass is 9.85. The first-order valence-electron chi connectivity index (χ1n) is 13.7. The minimum absolute atomic E-state index is 0.0964. The fourth-order valence-electron chi connectivity index (χ4n) is 4.65. The number of likely N-dealkylation sites (N-methyl/N-ethyl adjacent to an activating group) is 1. The van der Waals surface area contributed by atoms with Gasteiger partial charge in [0.1, 0.15) is 24.7 Å². The third-order valence-corrected chi connectivity index (χ3v) is 6.86. The van der Waals surface area contributed by atoms with Crippen LogP contribution >= 0.6 is 0 Å². The summed E-state index contributed by atoms with van der Waals surface area (Å²) in [6, 6.07) is -4.94. The number of alkyl halides is 3. The number of carbonyl (C=O) groups is 6. The Bertz CT molecular complexity index is 1030. The van der Waals surface area contributed by atoms with Gasteiger partial charge in [0.2, 0.25) is 17.6 Å². The van der Waals surface area contributed by atoms with Gasteiger partial charge >= 0.3 is 18.2 Å². The fraction of sp³-hybridized carbons (Fsp3) is 0.769. The number of nitrogens with zero attached hydrogens (tertiary/aromatic N) is 1. The predicted octanol–water partition coefficient (Wildman–Crippen LogP) is 0.412. The Labute approximate surface area is 242 Å². The average molecular weight is 608 g/mol. The first kappa shape index (κ1) is 34.8. The molecular weight excluding hydrogens is 567 g/mol. The number of esters is 1. The number of amides is 5. The molecule has 2 aliphatic rings. The molecule has 13 nitrogen and oxygen atoms in total. The Morgan fingerprint density at radius 1 is 1.07 bits per heavy atom. The molecule has 0 radical (unpaired) electrons. The van der Waals surface area contributed by atoms with Crippen molar-refractivity contribution in [3.63, 3.8) is 0 Å². The zero-order valence-electron chi connectivity index (χ0n) is 24.4. The van der Waals surface area contributed by atoms with Crippen LogP contribution in [0.4, 0.5) is 18.0 Å². The molecule has 0 aromatic rings. The lowest BCUT2D eigenvalue weighted by Gasteiger charge is -2.35. The summed E-state index contributed by atoms with van der Waals surface area (Å²) < 4.78 is 48.9. The van der Waals surface area contributed by atoms with E-state index < -0.39 is 90.7 Å². The normalized spacial score (nSPS) is 22.1. The van der Waals surface area contributed by atoms with E-state index in [4.69, 9.17) is 9.47 Å². The SMILES string of the molecule is CNC(=O)C(=O)C(CCC(F)(F)F)NC(=O)C1C[C@@H](C)CN1C(=O)C(NC(=O)NCC(=O)OC1CCOC1)C(C)(C)C. The van der Waals surface area contributed by atoms with Crippen molar-refractivity contribution in [1.29, 1.82) is 0 Å². The van der Waals surface area contributed by atoms with Gasteiger partial charge in [0.25, 0.3) is 5.91 Å². The minimum Gasteiger partial charge on any atom is -0.459 e. The van der Waals surface area contributed by atoms with E-state index in [1.807, 2.05) is 5.32 Å². The molecule has 42 heavy (non-hydrogen) atoms. The van der Waals surface area contributed by atoms with Gasteiger partial charge in [0, 0.05) is 26.4 Å². The van der Waals surface area contributed by atoms with E-state index >= 15 is 0 Å². The van der Waals surface area contributed by atoms with E-state index in [9.17, 15) is 41.9 Å². The molecule has 2 saturated heterocycles. The maximum Gasteiger partial charge on any atom is 0.389 e. The number of hydrogen-bond donors (Lipinski definition) is 4. The summed E-state index contributed by atoms with van der Waals surface area (Å²) in [7, 11) is 1.13. The van der Waals surface area contributed by atoms with Crippen molar-refractivity contribution in [2.24, 2.45) is 11.3 Å². The van der Waals surface area contributed by atoms with Crippen LogP contribution in [0.15, 0.2) is 0 Å². The molecule has 16 heteroatoms. The van der Waals surface area contributed by atoms with E-state index in [1.54, 1.807) is 27.7 Å². The van der Waals surface area contributed by atoms with Crippen LogP contribution in [0.25, 0.3) is 0 Å². The molecule has 2 aliphatic heterocycles. The number of likely N-dealkylation sites (tertiary alicyclic amines) is 1. The molecule has 5 amide bonds. The van der Waals surface area contributed by atoms with Crippen molar-refractivity contribution in [3.8, 4) is 0 Å². The van der Waals surface area contributed by atoms with E-state index in [2.05, 4.69) is 16.0 Å². The highest BCUT2D eigenvalue weighted by Crippen LogP contribution is 2.29. The largest absolute Gasteiger partial charge is 0.459 e. The molecule has 2 fully saturated rings. The van der Waals surface area contributed by atoms with Gasteiger partial charge in [-0.15, -0.1) is 0 Å². The Kier molecular flexibility index (Phi) is 12.1. The van der Waals surface area contributed by atoms with Gasteiger partial charge in [0.15, 0.2) is 0 Å². The molecule has 4 N–H and O–H groups in total. The number of nitrogens with one attached hydrogen (secondary N) is 4. The van der Waals surface area contributed by atoms with E-state index in [0.29, 0.717) is 13.0 Å². The highest BCUT2D eigenvalue weighted by Gasteiger charge is 2.45. The van der Waals surface area contributed by atoms with Gasteiger partial charge in [-0.05, 0) is 24.2 Å². The van der Waals surface area contributed by atoms with Crippen molar-refractivity contribution >= 4 is 35.5 Å². The maximum absolute atomic E-state index is 13.7. The van der Waals surface area contributed by atoms with Crippen molar-refractivity contribution in [3.05, 3.63) is 0 Å². The Morgan fingerprint density at radius 3 is 2.29 bits per heavy atom. The number of Topliss-reactive ketones (excluding diaryl/α,β-unsaturated/α-hetero) is 1. The quantitative estimate of drug-likeness (QED) is 0.193. The topological polar surface area (TPSA) is 172 Å². The average Bonchev–Trinajstić information content (AvgIpc) is 3.55. The number of halogens is 3. The van der Waals surface area contributed by atoms with Crippen molar-refractivity contribution < 1.29 is 51.4 Å². The summed E-state index contributed by atoms with van der Waals surface area (Å²) >= 11 is 0. The molecule has 0 aliphatic carbocycles. The third kappa shape index (κ3) is 10.4. The van der Waals surface area contributed by atoms with Crippen LogP contribution in [0.1, 0.15) is 53.4 Å². The van der Waals surface area contributed by atoms with Gasteiger partial charge < -0.3 is 35.6 Å². The van der Waals surface area contributed by atoms with Crippen molar-refractivity contribution in [2.45, 2.75) is 83.8 Å². The van der Waals surface area contributed by atoms with Gasteiger partial charge in [0.05, 0.1) is 19.3 Å². The lowest BCUT2D eigenvalue weighted by Crippen LogP contribution is -2.60. The predicted molar refractivity (Wildman–Crippen MR) is 141 cm³/mol. The van der Waals surface area contributed by atoms with Gasteiger partial charge in [-0.1, -0.05) is 27.7 Å². The van der Waals surface area contributed by atoms with Crippen molar-refractivity contribution in [2.75, 3.05) is 33.4 Å². The van der Waals surface area contributed by atoms with Crippen LogP contribution in [0, 0.1) is 11.3 Å². The van der Waals surface area contributed by atoms with Gasteiger partial charge in [-0.2, -0.15) is 13.2 Å². The number of rotatable bonds is 11. The maximum atomic E-state index is 13.7. The molecule has 2 heterocycles. The van der Waals surface area contributed by atoms with Crippen LogP contribution in [0.2, 0.25) is 0 Å². The molecule has 238 valence electrons. The van der Waals surface area contributed by atoms with Crippen LogP contribution in [0.5, 0.6) is 0 Å². The van der Waals surface area contributed by atoms with E-state index in [0.717, 1.165) is 7.05 Å². The molecule has 0 saturated carbocycles. The fourth-order valence-corrected chi connectivity index (χ4v) is 4.65. The van der Waals surface area contributed by atoms with Crippen LogP contribution in [0.3, 0.4) is 0 Å². The highest BCUT2D eigenvalue weighted by molar-refractivity contribution is 6.38. The number of carbonyl (C=O) groups excluding carboxylic acids is 6. The summed E-state index contributed by atoms with van der Waals surface area (Å²) in [5, 5.41) is 9.15. The summed E-state index contributed by atoms with van der Waals surface area (Å²) in [6.45, 7) is 7.16. The highest BCUT2D eigenvalue weighted by atomic mass is 19.4.